The van der Waals surface area contributed by atoms with Crippen molar-refractivity contribution in [2.75, 3.05) is 18.6 Å². The van der Waals surface area contributed by atoms with E-state index in [0.717, 1.165) is 0 Å². The van der Waals surface area contributed by atoms with Crippen LogP contribution < -0.4 is 9.64 Å². The minimum absolute atomic E-state index is 0.0174. The molecule has 7 heteroatoms. The highest BCUT2D eigenvalue weighted by atomic mass is 79.9. The lowest BCUT2D eigenvalue weighted by Gasteiger charge is -2.17. The van der Waals surface area contributed by atoms with Crippen LogP contribution in [-0.4, -0.2) is 25.5 Å². The monoisotopic (exact) mass is 421 g/mol. The smallest absolute Gasteiger partial charge is 0.311 e. The molecule has 0 bridgehead atoms. The van der Waals surface area contributed by atoms with Gasteiger partial charge in [0.25, 0.3) is 0 Å². The van der Waals surface area contributed by atoms with E-state index in [1.165, 1.54) is 12.1 Å². The van der Waals surface area contributed by atoms with Crippen molar-refractivity contribution < 1.29 is 23.5 Å². The van der Waals surface area contributed by atoms with Gasteiger partial charge >= 0.3 is 5.97 Å². The van der Waals surface area contributed by atoms with Crippen molar-refractivity contribution >= 4 is 33.5 Å². The van der Waals surface area contributed by atoms with Crippen LogP contribution in [0.4, 0.5) is 10.1 Å². The number of amides is 1. The number of hydrogen-bond acceptors (Lipinski definition) is 4. The van der Waals surface area contributed by atoms with Crippen LogP contribution in [0.3, 0.4) is 0 Å². The lowest BCUT2D eigenvalue weighted by Crippen LogP contribution is -2.26. The zero-order chi connectivity index (χ0) is 18.7. The molecule has 1 unspecified atom stereocenters. The number of benzene rings is 2. The van der Waals surface area contributed by atoms with Gasteiger partial charge in [0.05, 0.1) is 13.0 Å². The highest BCUT2D eigenvalue weighted by Gasteiger charge is 2.36. The fourth-order valence-corrected chi connectivity index (χ4v) is 3.26. The summed E-state index contributed by atoms with van der Waals surface area (Å²) in [5.41, 5.74) is 1.35. The number of hydrogen-bond donors (Lipinski definition) is 0. The minimum Gasteiger partial charge on any atom is -0.497 e. The molecule has 5 nitrogen and oxygen atoms in total. The number of nitrogens with zero attached hydrogens (tertiary/aromatic N) is 1. The number of halogens is 2. The summed E-state index contributed by atoms with van der Waals surface area (Å²) >= 11 is 3.24. The molecule has 1 aliphatic rings. The molecule has 26 heavy (non-hydrogen) atoms. The maximum atomic E-state index is 13.1. The van der Waals surface area contributed by atoms with E-state index in [2.05, 4.69) is 15.9 Å². The van der Waals surface area contributed by atoms with Gasteiger partial charge in [0.1, 0.15) is 18.2 Å². The van der Waals surface area contributed by atoms with Crippen LogP contribution in [0.15, 0.2) is 46.9 Å². The Bertz CT molecular complexity index is 842. The standard InChI is InChI=1S/C19H17BrFNO4/c1-25-16-4-2-3-15(9-16)22-10-13(7-18(22)23)19(24)26-11-12-5-6-14(21)8-17(12)20/h2-6,8-9,13H,7,10-11H2,1H3. The fraction of sp³-hybridized carbons (Fsp3) is 0.263. The Hall–Kier alpha value is -2.41. The fourth-order valence-electron chi connectivity index (χ4n) is 2.80. The van der Waals surface area contributed by atoms with Crippen LogP contribution in [0.2, 0.25) is 0 Å². The molecule has 0 N–H and O–H groups in total. The molecule has 1 amide bonds. The van der Waals surface area contributed by atoms with Gasteiger partial charge in [-0.05, 0) is 24.3 Å². The SMILES string of the molecule is COc1cccc(N2CC(C(=O)OCc3ccc(F)cc3Br)CC2=O)c1. The van der Waals surface area contributed by atoms with Gasteiger partial charge in [-0.2, -0.15) is 0 Å². The third kappa shape index (κ3) is 4.04. The van der Waals surface area contributed by atoms with Gasteiger partial charge in [-0.3, -0.25) is 9.59 Å². The predicted molar refractivity (Wildman–Crippen MR) is 97.4 cm³/mol. The molecule has 136 valence electrons. The van der Waals surface area contributed by atoms with Gasteiger partial charge in [-0.25, -0.2) is 4.39 Å². The first kappa shape index (κ1) is 18.4. The molecule has 1 atom stereocenters. The predicted octanol–water partition coefficient (Wildman–Crippen LogP) is 3.69. The van der Waals surface area contributed by atoms with E-state index in [1.54, 1.807) is 42.3 Å². The van der Waals surface area contributed by atoms with Crippen molar-refractivity contribution in [2.45, 2.75) is 13.0 Å². The quantitative estimate of drug-likeness (QED) is 0.690. The summed E-state index contributed by atoms with van der Waals surface area (Å²) in [6.45, 7) is 0.277. The summed E-state index contributed by atoms with van der Waals surface area (Å²) in [7, 11) is 1.55. The molecule has 0 saturated carbocycles. The molecule has 0 spiro atoms. The summed E-state index contributed by atoms with van der Waals surface area (Å²) in [5.74, 6) is -0.846. The summed E-state index contributed by atoms with van der Waals surface area (Å²) in [5, 5.41) is 0. The molecule has 0 radical (unpaired) electrons. The van der Waals surface area contributed by atoms with E-state index in [1.807, 2.05) is 0 Å². The van der Waals surface area contributed by atoms with Gasteiger partial charge in [0, 0.05) is 34.8 Å². The first-order valence-corrected chi connectivity index (χ1v) is 8.82. The molecule has 3 rings (SSSR count). The van der Waals surface area contributed by atoms with Crippen LogP contribution in [0.25, 0.3) is 0 Å². The summed E-state index contributed by atoms with van der Waals surface area (Å²) in [4.78, 5) is 26.2. The van der Waals surface area contributed by atoms with Crippen molar-refractivity contribution in [1.29, 1.82) is 0 Å². The van der Waals surface area contributed by atoms with E-state index in [0.29, 0.717) is 21.5 Å². The Morgan fingerprint density at radius 3 is 2.85 bits per heavy atom. The highest BCUT2D eigenvalue weighted by molar-refractivity contribution is 9.10. The molecular formula is C19H17BrFNO4. The molecule has 0 aromatic heterocycles. The number of carbonyl (C=O) groups is 2. The molecule has 2 aromatic carbocycles. The van der Waals surface area contributed by atoms with Gasteiger partial charge in [-0.15, -0.1) is 0 Å². The van der Waals surface area contributed by atoms with Crippen molar-refractivity contribution in [1.82, 2.24) is 0 Å². The largest absolute Gasteiger partial charge is 0.497 e. The molecular weight excluding hydrogens is 405 g/mol. The maximum Gasteiger partial charge on any atom is 0.311 e. The van der Waals surface area contributed by atoms with Crippen molar-refractivity contribution in [3.63, 3.8) is 0 Å². The second kappa shape index (κ2) is 7.86. The summed E-state index contributed by atoms with van der Waals surface area (Å²) in [6, 6.07) is 11.3. The topological polar surface area (TPSA) is 55.8 Å². The Kier molecular flexibility index (Phi) is 5.56. The van der Waals surface area contributed by atoms with Gasteiger partial charge in [0.2, 0.25) is 5.91 Å². The van der Waals surface area contributed by atoms with E-state index in [9.17, 15) is 14.0 Å². The third-order valence-corrected chi connectivity index (χ3v) is 4.95. The zero-order valence-electron chi connectivity index (χ0n) is 14.1. The van der Waals surface area contributed by atoms with Gasteiger partial charge < -0.3 is 14.4 Å². The minimum atomic E-state index is -0.534. The van der Waals surface area contributed by atoms with Crippen LogP contribution >= 0.6 is 15.9 Å². The molecule has 1 heterocycles. The number of esters is 1. The van der Waals surface area contributed by atoms with Crippen LogP contribution in [0, 0.1) is 11.7 Å². The number of rotatable bonds is 5. The van der Waals surface area contributed by atoms with E-state index in [4.69, 9.17) is 9.47 Å². The van der Waals surface area contributed by atoms with Crippen molar-refractivity contribution in [2.24, 2.45) is 5.92 Å². The van der Waals surface area contributed by atoms with Crippen molar-refractivity contribution in [3.05, 3.63) is 58.3 Å². The lowest BCUT2D eigenvalue weighted by atomic mass is 10.1. The highest BCUT2D eigenvalue weighted by Crippen LogP contribution is 2.29. The van der Waals surface area contributed by atoms with Gasteiger partial charge in [-0.1, -0.05) is 28.1 Å². The number of anilines is 1. The Labute approximate surface area is 158 Å². The second-order valence-corrected chi connectivity index (χ2v) is 6.80. The number of methoxy groups -OCH3 is 1. The molecule has 1 saturated heterocycles. The summed E-state index contributed by atoms with van der Waals surface area (Å²) in [6.07, 6.45) is 0.0978. The first-order valence-electron chi connectivity index (χ1n) is 8.03. The summed E-state index contributed by atoms with van der Waals surface area (Å²) < 4.78 is 24.1. The zero-order valence-corrected chi connectivity index (χ0v) is 15.7. The number of carbonyl (C=O) groups excluding carboxylic acids is 2. The van der Waals surface area contributed by atoms with Crippen LogP contribution in [0.1, 0.15) is 12.0 Å². The first-order chi connectivity index (χ1) is 12.5. The second-order valence-electron chi connectivity index (χ2n) is 5.95. The lowest BCUT2D eigenvalue weighted by molar-refractivity contribution is -0.149. The van der Waals surface area contributed by atoms with Crippen molar-refractivity contribution in [3.8, 4) is 5.75 Å². The Morgan fingerprint density at radius 1 is 1.31 bits per heavy atom. The molecule has 1 fully saturated rings. The third-order valence-electron chi connectivity index (χ3n) is 4.21. The van der Waals surface area contributed by atoms with E-state index >= 15 is 0 Å². The molecule has 1 aliphatic heterocycles. The average molecular weight is 422 g/mol. The van der Waals surface area contributed by atoms with Crippen LogP contribution in [-0.2, 0) is 20.9 Å². The molecule has 2 aromatic rings. The Balaban J connectivity index is 1.63. The molecule has 0 aliphatic carbocycles. The van der Waals surface area contributed by atoms with Gasteiger partial charge in [0.15, 0.2) is 0 Å². The Morgan fingerprint density at radius 2 is 2.12 bits per heavy atom. The van der Waals surface area contributed by atoms with Crippen LogP contribution in [0.5, 0.6) is 5.75 Å². The normalized spacial score (nSPS) is 16.7. The maximum absolute atomic E-state index is 13.1. The van der Waals surface area contributed by atoms with E-state index in [-0.39, 0.29) is 31.3 Å². The van der Waals surface area contributed by atoms with E-state index < -0.39 is 11.9 Å². The number of ether oxygens (including phenoxy) is 2. The average Bonchev–Trinajstić information content (AvgIpc) is 3.02.